The number of aryl methyl sites for hydroxylation is 2. The van der Waals surface area contributed by atoms with Crippen LogP contribution in [0.1, 0.15) is 48.4 Å². The van der Waals surface area contributed by atoms with Crippen molar-refractivity contribution in [1.82, 2.24) is 4.90 Å². The minimum absolute atomic E-state index is 0.143. The molecule has 2 aromatic carbocycles. The Kier molecular flexibility index (Phi) is 5.26. The third-order valence-electron chi connectivity index (χ3n) is 6.24. The van der Waals surface area contributed by atoms with E-state index in [1.54, 1.807) is 19.2 Å². The molecular weight excluding hydrogens is 325 g/mol. The van der Waals surface area contributed by atoms with E-state index in [2.05, 4.69) is 23.1 Å². The quantitative estimate of drug-likeness (QED) is 0.735. The Bertz CT molecular complexity index is 734. The van der Waals surface area contributed by atoms with Crippen LogP contribution in [0, 0.1) is 11.7 Å². The second-order valence-electron chi connectivity index (χ2n) is 7.76. The predicted molar refractivity (Wildman–Crippen MR) is 103 cm³/mol. The van der Waals surface area contributed by atoms with Crippen molar-refractivity contribution in [3.05, 3.63) is 65.0 Å². The van der Waals surface area contributed by atoms with E-state index < -0.39 is 0 Å². The second-order valence-corrected chi connectivity index (χ2v) is 7.76. The molecule has 0 N–H and O–H groups in total. The van der Waals surface area contributed by atoms with Crippen LogP contribution in [0.15, 0.2) is 42.5 Å². The van der Waals surface area contributed by atoms with Crippen LogP contribution in [-0.2, 0) is 12.8 Å². The number of benzene rings is 2. The maximum absolute atomic E-state index is 13.0. The third kappa shape index (κ3) is 3.78. The zero-order valence-corrected chi connectivity index (χ0v) is 15.6. The summed E-state index contributed by atoms with van der Waals surface area (Å²) in [5.41, 5.74) is 4.23. The van der Waals surface area contributed by atoms with Crippen molar-refractivity contribution < 1.29 is 9.13 Å². The average molecular weight is 353 g/mol. The number of piperidine rings is 1. The van der Waals surface area contributed by atoms with Crippen LogP contribution in [0.2, 0.25) is 0 Å². The topological polar surface area (TPSA) is 12.5 Å². The van der Waals surface area contributed by atoms with Crippen LogP contribution >= 0.6 is 0 Å². The Hall–Kier alpha value is -1.87. The number of halogens is 1. The lowest BCUT2D eigenvalue weighted by molar-refractivity contribution is 0.128. The Morgan fingerprint density at radius 2 is 1.81 bits per heavy atom. The van der Waals surface area contributed by atoms with Gasteiger partial charge in [-0.3, -0.25) is 4.90 Å². The van der Waals surface area contributed by atoms with Crippen molar-refractivity contribution in [1.29, 1.82) is 0 Å². The van der Waals surface area contributed by atoms with Crippen LogP contribution in [0.3, 0.4) is 0 Å². The van der Waals surface area contributed by atoms with Gasteiger partial charge in [-0.25, -0.2) is 4.39 Å². The van der Waals surface area contributed by atoms with E-state index in [1.165, 1.54) is 61.9 Å². The number of hydrogen-bond acceptors (Lipinski definition) is 2. The van der Waals surface area contributed by atoms with Gasteiger partial charge in [0, 0.05) is 6.04 Å². The number of rotatable bonds is 5. The van der Waals surface area contributed by atoms with Gasteiger partial charge in [0.2, 0.25) is 0 Å². The number of nitrogens with zero attached hydrogens (tertiary/aromatic N) is 1. The molecule has 0 aromatic heterocycles. The fourth-order valence-electron chi connectivity index (χ4n) is 4.64. The van der Waals surface area contributed by atoms with Crippen molar-refractivity contribution in [2.45, 2.75) is 44.6 Å². The number of hydrogen-bond donors (Lipinski definition) is 0. The molecule has 0 saturated carbocycles. The van der Waals surface area contributed by atoms with Crippen LogP contribution in [0.5, 0.6) is 5.75 Å². The van der Waals surface area contributed by atoms with Crippen LogP contribution in [0.25, 0.3) is 0 Å². The van der Waals surface area contributed by atoms with Crippen molar-refractivity contribution in [2.24, 2.45) is 5.92 Å². The van der Waals surface area contributed by atoms with E-state index in [1.807, 2.05) is 12.1 Å². The molecule has 0 bridgehead atoms. The van der Waals surface area contributed by atoms with Crippen molar-refractivity contribution in [3.8, 4) is 5.75 Å². The Morgan fingerprint density at radius 1 is 1.04 bits per heavy atom. The summed E-state index contributed by atoms with van der Waals surface area (Å²) in [4.78, 5) is 2.68. The first-order valence-electron chi connectivity index (χ1n) is 9.88. The molecule has 1 aliphatic heterocycles. The van der Waals surface area contributed by atoms with Gasteiger partial charge in [-0.15, -0.1) is 0 Å². The lowest BCUT2D eigenvalue weighted by Crippen LogP contribution is -2.36. The first-order valence-corrected chi connectivity index (χ1v) is 9.88. The maximum Gasteiger partial charge on any atom is 0.123 e. The normalized spacial score (nSPS) is 20.9. The summed E-state index contributed by atoms with van der Waals surface area (Å²) >= 11 is 0. The van der Waals surface area contributed by atoms with Gasteiger partial charge < -0.3 is 4.74 Å². The van der Waals surface area contributed by atoms with E-state index >= 15 is 0 Å². The number of fused-ring (bicyclic) bond motifs is 1. The summed E-state index contributed by atoms with van der Waals surface area (Å²) in [6, 6.07) is 14.1. The molecule has 1 unspecified atom stereocenters. The van der Waals surface area contributed by atoms with Crippen LogP contribution in [0.4, 0.5) is 4.39 Å². The van der Waals surface area contributed by atoms with E-state index in [4.69, 9.17) is 4.74 Å². The standard InChI is InChI=1S/C23H28FNO/c1-26-21-10-6-19-7-11-23(22(19)16-21)25-14-12-18(13-15-25)3-2-17-4-8-20(24)9-5-17/h4-6,8-10,16,18,23H,2-3,7,11-15H2,1H3. The summed E-state index contributed by atoms with van der Waals surface area (Å²) in [5.74, 6) is 1.63. The second kappa shape index (κ2) is 7.79. The highest BCUT2D eigenvalue weighted by Crippen LogP contribution is 2.39. The SMILES string of the molecule is COc1ccc2c(c1)C(N1CCC(CCc3ccc(F)cc3)CC1)CC2. The van der Waals surface area contributed by atoms with Gasteiger partial charge in [-0.1, -0.05) is 18.2 Å². The summed E-state index contributed by atoms with van der Waals surface area (Å²) in [5, 5.41) is 0. The highest BCUT2D eigenvalue weighted by Gasteiger charge is 2.31. The van der Waals surface area contributed by atoms with Gasteiger partial charge in [-0.05, 0) is 98.5 Å². The van der Waals surface area contributed by atoms with Crippen molar-refractivity contribution in [3.63, 3.8) is 0 Å². The average Bonchev–Trinajstić information content (AvgIpc) is 3.11. The Balaban J connectivity index is 1.31. The van der Waals surface area contributed by atoms with E-state index in [0.29, 0.717) is 6.04 Å². The molecule has 138 valence electrons. The summed E-state index contributed by atoms with van der Waals surface area (Å²) < 4.78 is 18.4. The first-order chi connectivity index (χ1) is 12.7. The molecule has 1 saturated heterocycles. The zero-order valence-electron chi connectivity index (χ0n) is 15.6. The molecule has 0 spiro atoms. The molecule has 2 nitrogen and oxygen atoms in total. The van der Waals surface area contributed by atoms with Crippen molar-refractivity contribution in [2.75, 3.05) is 20.2 Å². The molecule has 26 heavy (non-hydrogen) atoms. The number of likely N-dealkylation sites (tertiary alicyclic amines) is 1. The molecule has 1 atom stereocenters. The molecule has 1 aliphatic carbocycles. The van der Waals surface area contributed by atoms with Gasteiger partial charge in [0.1, 0.15) is 11.6 Å². The molecular formula is C23H28FNO. The largest absolute Gasteiger partial charge is 0.497 e. The zero-order chi connectivity index (χ0) is 17.9. The van der Waals surface area contributed by atoms with Crippen LogP contribution in [-0.4, -0.2) is 25.1 Å². The van der Waals surface area contributed by atoms with Gasteiger partial charge in [0.05, 0.1) is 7.11 Å². The molecule has 0 amide bonds. The maximum atomic E-state index is 13.0. The van der Waals surface area contributed by atoms with E-state index in [0.717, 1.165) is 18.1 Å². The smallest absolute Gasteiger partial charge is 0.123 e. The van der Waals surface area contributed by atoms with Gasteiger partial charge in [0.25, 0.3) is 0 Å². The summed E-state index contributed by atoms with van der Waals surface area (Å²) in [6.07, 6.45) is 7.26. The third-order valence-corrected chi connectivity index (χ3v) is 6.24. The van der Waals surface area contributed by atoms with Gasteiger partial charge in [-0.2, -0.15) is 0 Å². The minimum atomic E-state index is -0.143. The molecule has 1 heterocycles. The lowest BCUT2D eigenvalue weighted by Gasteiger charge is -2.36. The number of ether oxygens (including phenoxy) is 1. The van der Waals surface area contributed by atoms with E-state index in [9.17, 15) is 4.39 Å². The summed E-state index contributed by atoms with van der Waals surface area (Å²) in [6.45, 7) is 2.38. The molecule has 2 aromatic rings. The first kappa shape index (κ1) is 17.5. The lowest BCUT2D eigenvalue weighted by atomic mass is 9.89. The fraction of sp³-hybridized carbons (Fsp3) is 0.478. The molecule has 0 radical (unpaired) electrons. The molecule has 4 rings (SSSR count). The highest BCUT2D eigenvalue weighted by molar-refractivity contribution is 5.40. The Labute approximate surface area is 156 Å². The predicted octanol–water partition coefficient (Wildman–Crippen LogP) is 5.17. The molecule has 1 fully saturated rings. The van der Waals surface area contributed by atoms with E-state index in [-0.39, 0.29) is 5.82 Å². The minimum Gasteiger partial charge on any atom is -0.497 e. The molecule has 3 heteroatoms. The van der Waals surface area contributed by atoms with Gasteiger partial charge in [0.15, 0.2) is 0 Å². The number of methoxy groups -OCH3 is 1. The molecule has 2 aliphatic rings. The highest BCUT2D eigenvalue weighted by atomic mass is 19.1. The fourth-order valence-corrected chi connectivity index (χ4v) is 4.64. The summed E-state index contributed by atoms with van der Waals surface area (Å²) in [7, 11) is 1.75. The van der Waals surface area contributed by atoms with Crippen LogP contribution < -0.4 is 4.74 Å². The monoisotopic (exact) mass is 353 g/mol. The van der Waals surface area contributed by atoms with Gasteiger partial charge >= 0.3 is 0 Å². The van der Waals surface area contributed by atoms with Crippen molar-refractivity contribution >= 4 is 0 Å². The Morgan fingerprint density at radius 3 is 2.54 bits per heavy atom.